The molecule has 0 aromatic heterocycles. The second kappa shape index (κ2) is 6.32. The molecule has 6 nitrogen and oxygen atoms in total. The van der Waals surface area contributed by atoms with E-state index in [1.54, 1.807) is 27.7 Å². The number of ether oxygens (including phenoxy) is 2. The van der Waals surface area contributed by atoms with E-state index < -0.39 is 23.8 Å². The second-order valence-electron chi connectivity index (χ2n) is 4.31. The molecule has 0 saturated heterocycles. The summed E-state index contributed by atoms with van der Waals surface area (Å²) in [5.41, 5.74) is 1.52. The third-order valence-electron chi connectivity index (χ3n) is 1.42. The fraction of sp³-hybridized carbons (Fsp3) is 0.800. The maximum atomic E-state index is 11.1. The predicted octanol–water partition coefficient (Wildman–Crippen LogP) is 1.39. The lowest BCUT2D eigenvalue weighted by molar-refractivity contribution is -0.145. The Morgan fingerprint density at radius 3 is 2.31 bits per heavy atom. The lowest BCUT2D eigenvalue weighted by Crippen LogP contribution is -2.35. The van der Waals surface area contributed by atoms with Crippen LogP contribution in [0, 0.1) is 0 Å². The number of nitrogens with one attached hydrogen (secondary N) is 1. The molecular weight excluding hydrogens is 214 g/mol. The number of carbonyl (C=O) groups excluding carboxylic acids is 2. The number of amides is 1. The zero-order valence-electron chi connectivity index (χ0n) is 10.3. The molecule has 0 spiro atoms. The average Bonchev–Trinajstić information content (AvgIpc) is 2.12. The molecular formula is C10H19NO5. The molecule has 1 N–H and O–H groups in total. The second-order valence-corrected chi connectivity index (χ2v) is 4.31. The van der Waals surface area contributed by atoms with E-state index in [4.69, 9.17) is 9.57 Å². The van der Waals surface area contributed by atoms with Crippen LogP contribution >= 0.6 is 0 Å². The van der Waals surface area contributed by atoms with Crippen molar-refractivity contribution in [3.8, 4) is 0 Å². The Morgan fingerprint density at radius 2 is 1.88 bits per heavy atom. The molecule has 1 atom stereocenters. The van der Waals surface area contributed by atoms with Gasteiger partial charge in [0.25, 0.3) is 0 Å². The molecule has 6 heteroatoms. The first-order chi connectivity index (χ1) is 7.24. The molecule has 94 valence electrons. The summed E-state index contributed by atoms with van der Waals surface area (Å²) in [5.74, 6) is -0.404. The zero-order chi connectivity index (χ0) is 12.8. The molecule has 1 unspecified atom stereocenters. The lowest BCUT2D eigenvalue weighted by atomic mass is 10.2. The van der Waals surface area contributed by atoms with Crippen LogP contribution in [-0.2, 0) is 19.1 Å². The van der Waals surface area contributed by atoms with Gasteiger partial charge in [-0.1, -0.05) is 0 Å². The Morgan fingerprint density at radius 1 is 1.31 bits per heavy atom. The van der Waals surface area contributed by atoms with Crippen LogP contribution in [-0.4, -0.2) is 30.9 Å². The van der Waals surface area contributed by atoms with Gasteiger partial charge in [-0.15, -0.1) is 0 Å². The van der Waals surface area contributed by atoms with E-state index in [0.717, 1.165) is 0 Å². The van der Waals surface area contributed by atoms with Gasteiger partial charge in [0.2, 0.25) is 0 Å². The highest BCUT2D eigenvalue weighted by Crippen LogP contribution is 2.06. The van der Waals surface area contributed by atoms with E-state index in [1.165, 1.54) is 7.11 Å². The Labute approximate surface area is 95.2 Å². The van der Waals surface area contributed by atoms with Crippen molar-refractivity contribution in [1.29, 1.82) is 0 Å². The van der Waals surface area contributed by atoms with Crippen molar-refractivity contribution in [3.63, 3.8) is 0 Å². The maximum Gasteiger partial charge on any atom is 0.431 e. The van der Waals surface area contributed by atoms with Gasteiger partial charge in [0.05, 0.1) is 19.6 Å². The minimum Gasteiger partial charge on any atom is -0.469 e. The van der Waals surface area contributed by atoms with Gasteiger partial charge >= 0.3 is 12.1 Å². The molecule has 0 saturated carbocycles. The van der Waals surface area contributed by atoms with Crippen LogP contribution in [0.4, 0.5) is 4.79 Å². The van der Waals surface area contributed by atoms with Gasteiger partial charge in [0.1, 0.15) is 5.60 Å². The molecule has 1 amide bonds. The van der Waals surface area contributed by atoms with Crippen molar-refractivity contribution >= 4 is 12.1 Å². The lowest BCUT2D eigenvalue weighted by Gasteiger charge is -2.20. The third-order valence-corrected chi connectivity index (χ3v) is 1.42. The van der Waals surface area contributed by atoms with Gasteiger partial charge in [-0.05, 0) is 27.7 Å². The summed E-state index contributed by atoms with van der Waals surface area (Å²) in [6, 6.07) is 0. The van der Waals surface area contributed by atoms with Crippen LogP contribution in [0.25, 0.3) is 0 Å². The number of hydroxylamine groups is 1. The predicted molar refractivity (Wildman–Crippen MR) is 56.5 cm³/mol. The van der Waals surface area contributed by atoms with Crippen molar-refractivity contribution < 1.29 is 23.9 Å². The summed E-state index contributed by atoms with van der Waals surface area (Å²) in [7, 11) is 1.29. The summed E-state index contributed by atoms with van der Waals surface area (Å²) in [6.45, 7) is 6.85. The Hall–Kier alpha value is -1.30. The van der Waals surface area contributed by atoms with Crippen molar-refractivity contribution in [1.82, 2.24) is 5.48 Å². The number of esters is 1. The highest BCUT2D eigenvalue weighted by molar-refractivity contribution is 5.69. The summed E-state index contributed by atoms with van der Waals surface area (Å²) < 4.78 is 9.37. The summed E-state index contributed by atoms with van der Waals surface area (Å²) in [4.78, 5) is 26.9. The average molecular weight is 233 g/mol. The van der Waals surface area contributed by atoms with Crippen LogP contribution in [0.1, 0.15) is 34.1 Å². The number of rotatable bonds is 4. The largest absolute Gasteiger partial charge is 0.469 e. The van der Waals surface area contributed by atoms with Crippen LogP contribution in [0.15, 0.2) is 0 Å². The van der Waals surface area contributed by atoms with Crippen molar-refractivity contribution in [2.24, 2.45) is 0 Å². The first-order valence-electron chi connectivity index (χ1n) is 4.96. The highest BCUT2D eigenvalue weighted by Gasteiger charge is 2.17. The molecule has 0 bridgehead atoms. The number of carbonyl (C=O) groups is 2. The van der Waals surface area contributed by atoms with Gasteiger partial charge in [-0.2, -0.15) is 5.48 Å². The molecule has 0 radical (unpaired) electrons. The number of hydrogen-bond donors (Lipinski definition) is 1. The smallest absolute Gasteiger partial charge is 0.431 e. The molecule has 0 aliphatic heterocycles. The molecule has 0 aliphatic rings. The summed E-state index contributed by atoms with van der Waals surface area (Å²) >= 11 is 0. The van der Waals surface area contributed by atoms with E-state index in [0.29, 0.717) is 0 Å². The molecule has 0 aromatic rings. The zero-order valence-corrected chi connectivity index (χ0v) is 10.3. The van der Waals surface area contributed by atoms with Gasteiger partial charge in [0, 0.05) is 0 Å². The quantitative estimate of drug-likeness (QED) is 0.586. The fourth-order valence-corrected chi connectivity index (χ4v) is 0.807. The maximum absolute atomic E-state index is 11.1. The van der Waals surface area contributed by atoms with Crippen LogP contribution in [0.3, 0.4) is 0 Å². The van der Waals surface area contributed by atoms with Crippen LogP contribution < -0.4 is 5.48 Å². The van der Waals surface area contributed by atoms with Crippen molar-refractivity contribution in [2.75, 3.05) is 7.11 Å². The first-order valence-corrected chi connectivity index (χ1v) is 4.96. The van der Waals surface area contributed by atoms with Crippen LogP contribution in [0.2, 0.25) is 0 Å². The Kier molecular flexibility index (Phi) is 5.81. The summed E-state index contributed by atoms with van der Waals surface area (Å²) in [6.07, 6.45) is -1.10. The molecule has 0 heterocycles. The molecule has 0 aliphatic carbocycles. The Bertz CT molecular complexity index is 246. The van der Waals surface area contributed by atoms with E-state index in [9.17, 15) is 9.59 Å². The first kappa shape index (κ1) is 14.7. The number of hydrogen-bond acceptors (Lipinski definition) is 5. The van der Waals surface area contributed by atoms with E-state index in [2.05, 4.69) is 10.2 Å². The minimum absolute atomic E-state index is 0.0618. The van der Waals surface area contributed by atoms with E-state index in [1.807, 2.05) is 0 Å². The fourth-order valence-electron chi connectivity index (χ4n) is 0.807. The Balaban J connectivity index is 3.79. The van der Waals surface area contributed by atoms with Gasteiger partial charge < -0.3 is 9.47 Å². The highest BCUT2D eigenvalue weighted by atomic mass is 16.7. The minimum atomic E-state index is -0.691. The standard InChI is InChI=1S/C10H19NO5/c1-7(6-8(12)14-5)16-11-9(13)15-10(2,3)4/h7H,6H2,1-5H3,(H,11,13). The van der Waals surface area contributed by atoms with E-state index in [-0.39, 0.29) is 6.42 Å². The number of methoxy groups -OCH3 is 1. The molecule has 0 aromatic carbocycles. The monoisotopic (exact) mass is 233 g/mol. The normalized spacial score (nSPS) is 12.8. The van der Waals surface area contributed by atoms with E-state index >= 15 is 0 Å². The van der Waals surface area contributed by atoms with Crippen LogP contribution in [0.5, 0.6) is 0 Å². The third kappa shape index (κ3) is 8.05. The van der Waals surface area contributed by atoms with Crippen molar-refractivity contribution in [2.45, 2.75) is 45.8 Å². The van der Waals surface area contributed by atoms with Crippen molar-refractivity contribution in [3.05, 3.63) is 0 Å². The molecule has 0 rings (SSSR count). The topological polar surface area (TPSA) is 73.9 Å². The summed E-state index contributed by atoms with van der Waals surface area (Å²) in [5, 5.41) is 0. The van der Waals surface area contributed by atoms with Gasteiger partial charge in [0.15, 0.2) is 0 Å². The SMILES string of the molecule is COC(=O)CC(C)ONC(=O)OC(C)(C)C. The van der Waals surface area contributed by atoms with Gasteiger partial charge in [-0.3, -0.25) is 9.63 Å². The molecule has 0 fully saturated rings. The molecule has 16 heavy (non-hydrogen) atoms. The van der Waals surface area contributed by atoms with Gasteiger partial charge in [-0.25, -0.2) is 4.79 Å².